The number of carbonyl (C=O) groups is 1. The van der Waals surface area contributed by atoms with Crippen LogP contribution in [0.1, 0.15) is 45.4 Å². The van der Waals surface area contributed by atoms with Gasteiger partial charge in [-0.2, -0.15) is 0 Å². The van der Waals surface area contributed by atoms with Crippen molar-refractivity contribution in [2.24, 2.45) is 0 Å². The molecule has 0 amide bonds. The minimum Gasteiger partial charge on any atom is -0.472 e. The highest BCUT2D eigenvalue weighted by atomic mass is 16.4. The Labute approximate surface area is 104 Å². The van der Waals surface area contributed by atoms with Crippen molar-refractivity contribution >= 4 is 11.8 Å². The highest BCUT2D eigenvalue weighted by Gasteiger charge is 2.33. The fourth-order valence-corrected chi connectivity index (χ4v) is 2.32. The standard InChI is InChI=1S/C13H24N2O2/c1-3-4-5-6-7-8-9-15-11-10-14(2)12(15)13(16)17/h3-11H2,1-2H3/p+1. The van der Waals surface area contributed by atoms with Gasteiger partial charge in [-0.25, -0.2) is 4.79 Å². The van der Waals surface area contributed by atoms with E-state index >= 15 is 0 Å². The molecule has 1 aliphatic rings. The van der Waals surface area contributed by atoms with Gasteiger partial charge < -0.3 is 5.11 Å². The maximum absolute atomic E-state index is 11.1. The molecule has 0 aliphatic carbocycles. The van der Waals surface area contributed by atoms with E-state index in [0.29, 0.717) is 5.84 Å². The van der Waals surface area contributed by atoms with Crippen molar-refractivity contribution in [3.05, 3.63) is 0 Å². The van der Waals surface area contributed by atoms with E-state index in [1.807, 2.05) is 16.5 Å². The summed E-state index contributed by atoms with van der Waals surface area (Å²) in [6.45, 7) is 4.79. The molecule has 17 heavy (non-hydrogen) atoms. The number of nitrogens with zero attached hydrogens (tertiary/aromatic N) is 2. The molecule has 1 heterocycles. The lowest BCUT2D eigenvalue weighted by atomic mass is 10.1. The van der Waals surface area contributed by atoms with Crippen LogP contribution in [0.25, 0.3) is 0 Å². The molecular formula is C13H25N2O2+. The van der Waals surface area contributed by atoms with Crippen molar-refractivity contribution < 1.29 is 14.5 Å². The Morgan fingerprint density at radius 3 is 2.59 bits per heavy atom. The summed E-state index contributed by atoms with van der Waals surface area (Å²) in [4.78, 5) is 13.1. The van der Waals surface area contributed by atoms with Crippen molar-refractivity contribution in [2.45, 2.75) is 45.4 Å². The molecule has 0 saturated carbocycles. The molecule has 0 unspecified atom stereocenters. The van der Waals surface area contributed by atoms with Crippen LogP contribution in [0.2, 0.25) is 0 Å². The van der Waals surface area contributed by atoms with Gasteiger partial charge in [-0.3, -0.25) is 9.48 Å². The molecule has 0 fully saturated rings. The van der Waals surface area contributed by atoms with Gasteiger partial charge in [0.15, 0.2) is 0 Å². The summed E-state index contributed by atoms with van der Waals surface area (Å²) in [5, 5.41) is 9.11. The van der Waals surface area contributed by atoms with Crippen molar-refractivity contribution in [3.63, 3.8) is 0 Å². The number of likely N-dealkylation sites (N-methyl/N-ethyl adjacent to an activating group) is 1. The summed E-state index contributed by atoms with van der Waals surface area (Å²) in [6, 6.07) is 0. The Balaban J connectivity index is 2.22. The minimum absolute atomic E-state index is 0.471. The lowest BCUT2D eigenvalue weighted by molar-refractivity contribution is -0.486. The zero-order valence-electron chi connectivity index (χ0n) is 11.1. The first-order chi connectivity index (χ1) is 8.16. The van der Waals surface area contributed by atoms with Gasteiger partial charge in [0.25, 0.3) is 0 Å². The lowest BCUT2D eigenvalue weighted by Gasteiger charge is -2.10. The average molecular weight is 241 g/mol. The highest BCUT2D eigenvalue weighted by molar-refractivity contribution is 6.32. The third-order valence-corrected chi connectivity index (χ3v) is 3.34. The van der Waals surface area contributed by atoms with E-state index in [4.69, 9.17) is 5.11 Å². The number of hydrogen-bond acceptors (Lipinski definition) is 2. The molecule has 1 aliphatic heterocycles. The fraction of sp³-hybridized carbons (Fsp3) is 0.846. The number of amidine groups is 1. The summed E-state index contributed by atoms with van der Waals surface area (Å²) in [5.41, 5.74) is 0. The molecule has 0 bridgehead atoms. The zero-order chi connectivity index (χ0) is 12.7. The maximum Gasteiger partial charge on any atom is 0.418 e. The molecule has 1 rings (SSSR count). The molecule has 0 radical (unpaired) electrons. The SMILES string of the molecule is CCCCCCCCN1CC[N+](C)=C1C(=O)O. The van der Waals surface area contributed by atoms with Gasteiger partial charge in [0.1, 0.15) is 13.1 Å². The number of carboxylic acids is 1. The van der Waals surface area contributed by atoms with Crippen LogP contribution in [0.3, 0.4) is 0 Å². The second-order valence-electron chi connectivity index (χ2n) is 4.81. The number of unbranched alkanes of at least 4 members (excludes halogenated alkanes) is 5. The van der Waals surface area contributed by atoms with Gasteiger partial charge in [0, 0.05) is 0 Å². The number of rotatable bonds is 8. The molecule has 0 saturated heterocycles. The van der Waals surface area contributed by atoms with E-state index in [-0.39, 0.29) is 0 Å². The highest BCUT2D eigenvalue weighted by Crippen LogP contribution is 2.08. The second kappa shape index (κ2) is 7.30. The largest absolute Gasteiger partial charge is 0.472 e. The van der Waals surface area contributed by atoms with Gasteiger partial charge in [-0.05, 0) is 12.8 Å². The lowest BCUT2D eigenvalue weighted by Crippen LogP contribution is -2.36. The van der Waals surface area contributed by atoms with E-state index < -0.39 is 5.97 Å². The molecule has 0 spiro atoms. The monoisotopic (exact) mass is 241 g/mol. The van der Waals surface area contributed by atoms with Crippen molar-refractivity contribution in [3.8, 4) is 0 Å². The van der Waals surface area contributed by atoms with E-state index in [9.17, 15) is 4.79 Å². The van der Waals surface area contributed by atoms with Gasteiger partial charge >= 0.3 is 11.8 Å². The van der Waals surface area contributed by atoms with Crippen molar-refractivity contribution in [1.82, 2.24) is 4.90 Å². The van der Waals surface area contributed by atoms with Crippen molar-refractivity contribution in [2.75, 3.05) is 26.7 Å². The summed E-state index contributed by atoms with van der Waals surface area (Å²) >= 11 is 0. The third kappa shape index (κ3) is 4.36. The molecule has 98 valence electrons. The molecule has 0 atom stereocenters. The summed E-state index contributed by atoms with van der Waals surface area (Å²) in [7, 11) is 1.85. The van der Waals surface area contributed by atoms with Gasteiger partial charge in [-0.1, -0.05) is 32.6 Å². The maximum atomic E-state index is 11.1. The van der Waals surface area contributed by atoms with Crippen LogP contribution in [-0.2, 0) is 4.79 Å². The minimum atomic E-state index is -0.795. The first kappa shape index (κ1) is 14.0. The van der Waals surface area contributed by atoms with Crippen LogP contribution >= 0.6 is 0 Å². The molecular weight excluding hydrogens is 216 g/mol. The normalized spacial score (nSPS) is 15.8. The summed E-state index contributed by atoms with van der Waals surface area (Å²) < 4.78 is 1.83. The number of aliphatic carboxylic acids is 1. The van der Waals surface area contributed by atoms with Crippen LogP contribution in [0.5, 0.6) is 0 Å². The van der Waals surface area contributed by atoms with E-state index in [1.54, 1.807) is 0 Å². The van der Waals surface area contributed by atoms with E-state index in [2.05, 4.69) is 6.92 Å². The fourth-order valence-electron chi connectivity index (χ4n) is 2.32. The molecule has 0 aromatic carbocycles. The average Bonchev–Trinajstić information content (AvgIpc) is 2.65. The zero-order valence-corrected chi connectivity index (χ0v) is 11.1. The van der Waals surface area contributed by atoms with Gasteiger partial charge in [-0.15, -0.1) is 0 Å². The van der Waals surface area contributed by atoms with Crippen LogP contribution in [-0.4, -0.2) is 53.1 Å². The smallest absolute Gasteiger partial charge is 0.418 e. The Morgan fingerprint density at radius 2 is 1.94 bits per heavy atom. The predicted molar refractivity (Wildman–Crippen MR) is 68.6 cm³/mol. The second-order valence-corrected chi connectivity index (χ2v) is 4.81. The third-order valence-electron chi connectivity index (χ3n) is 3.34. The van der Waals surface area contributed by atoms with Crippen LogP contribution in [0, 0.1) is 0 Å². The Bertz CT molecular complexity index is 287. The molecule has 4 heteroatoms. The Kier molecular flexibility index (Phi) is 6.01. The number of hydrogen-bond donors (Lipinski definition) is 1. The Hall–Kier alpha value is -1.06. The van der Waals surface area contributed by atoms with Crippen molar-refractivity contribution in [1.29, 1.82) is 0 Å². The van der Waals surface area contributed by atoms with Gasteiger partial charge in [0.2, 0.25) is 0 Å². The molecule has 1 N–H and O–H groups in total. The van der Waals surface area contributed by atoms with E-state index in [1.165, 1.54) is 32.1 Å². The Morgan fingerprint density at radius 1 is 1.29 bits per heavy atom. The quantitative estimate of drug-likeness (QED) is 0.520. The first-order valence-electron chi connectivity index (χ1n) is 6.73. The number of carboxylic acid groups (broad SMARTS) is 1. The summed E-state index contributed by atoms with van der Waals surface area (Å²) in [5.74, 6) is -0.324. The molecule has 0 aromatic rings. The van der Waals surface area contributed by atoms with E-state index in [0.717, 1.165) is 26.1 Å². The van der Waals surface area contributed by atoms with Crippen LogP contribution in [0.4, 0.5) is 0 Å². The van der Waals surface area contributed by atoms with Crippen LogP contribution in [0.15, 0.2) is 0 Å². The van der Waals surface area contributed by atoms with Gasteiger partial charge in [0.05, 0.1) is 13.6 Å². The topological polar surface area (TPSA) is 43.5 Å². The first-order valence-corrected chi connectivity index (χ1v) is 6.73. The summed E-state index contributed by atoms with van der Waals surface area (Å²) in [6.07, 6.45) is 7.50. The molecule has 4 nitrogen and oxygen atoms in total. The molecule has 0 aromatic heterocycles. The van der Waals surface area contributed by atoms with Crippen LogP contribution < -0.4 is 0 Å². The predicted octanol–water partition coefficient (Wildman–Crippen LogP) is 1.79.